The Kier molecular flexibility index (Phi) is 3.39. The molecule has 108 valence electrons. The average molecular weight is 306 g/mol. The SMILES string of the molecule is CCc1nc2onc(-c3cc(OC)ccc3Cl)c2c(=O)[nH]1. The van der Waals surface area contributed by atoms with Gasteiger partial charge >= 0.3 is 0 Å². The van der Waals surface area contributed by atoms with Crippen molar-refractivity contribution in [3.63, 3.8) is 0 Å². The number of hydrogen-bond acceptors (Lipinski definition) is 5. The molecule has 0 radical (unpaired) electrons. The first-order chi connectivity index (χ1) is 10.1. The zero-order valence-electron chi connectivity index (χ0n) is 11.4. The third-order valence-electron chi connectivity index (χ3n) is 3.16. The predicted octanol–water partition coefficient (Wildman–Crippen LogP) is 2.80. The Bertz CT molecular complexity index is 870. The summed E-state index contributed by atoms with van der Waals surface area (Å²) in [5.41, 5.74) is 0.813. The monoisotopic (exact) mass is 305 g/mol. The van der Waals surface area contributed by atoms with Gasteiger partial charge in [0.2, 0.25) is 0 Å². The number of aryl methyl sites for hydroxylation is 1. The summed E-state index contributed by atoms with van der Waals surface area (Å²) in [5.74, 6) is 1.16. The standard InChI is InChI=1S/C14H12ClN3O3/c1-3-10-16-13(19)11-12(18-21-14(11)17-10)8-6-7(20-2)4-5-9(8)15/h4-6H,3H2,1-2H3,(H,16,17,19). The summed E-state index contributed by atoms with van der Waals surface area (Å²) in [4.78, 5) is 19.1. The lowest BCUT2D eigenvalue weighted by Crippen LogP contribution is -2.10. The normalized spacial score (nSPS) is 11.0. The van der Waals surface area contributed by atoms with Crippen LogP contribution in [-0.4, -0.2) is 22.2 Å². The Morgan fingerprint density at radius 3 is 2.95 bits per heavy atom. The lowest BCUT2D eigenvalue weighted by Gasteiger charge is -2.04. The minimum atomic E-state index is -0.299. The highest BCUT2D eigenvalue weighted by Gasteiger charge is 2.18. The zero-order valence-corrected chi connectivity index (χ0v) is 12.2. The van der Waals surface area contributed by atoms with Crippen LogP contribution in [0.3, 0.4) is 0 Å². The first-order valence-electron chi connectivity index (χ1n) is 6.36. The number of benzene rings is 1. The Labute approximate surface area is 124 Å². The molecule has 3 aromatic rings. The van der Waals surface area contributed by atoms with Crippen molar-refractivity contribution in [2.45, 2.75) is 13.3 Å². The molecule has 2 aromatic heterocycles. The number of hydrogen-bond donors (Lipinski definition) is 1. The van der Waals surface area contributed by atoms with E-state index in [1.54, 1.807) is 25.3 Å². The van der Waals surface area contributed by atoms with Gasteiger partial charge in [-0.25, -0.2) is 0 Å². The quantitative estimate of drug-likeness (QED) is 0.804. The molecule has 6 nitrogen and oxygen atoms in total. The summed E-state index contributed by atoms with van der Waals surface area (Å²) >= 11 is 6.19. The number of nitrogens with zero attached hydrogens (tertiary/aromatic N) is 2. The van der Waals surface area contributed by atoms with Crippen LogP contribution in [0, 0.1) is 0 Å². The molecule has 7 heteroatoms. The first-order valence-corrected chi connectivity index (χ1v) is 6.74. The third-order valence-corrected chi connectivity index (χ3v) is 3.49. The molecule has 1 aromatic carbocycles. The maximum atomic E-state index is 12.2. The summed E-state index contributed by atoms with van der Waals surface area (Å²) in [6.45, 7) is 1.89. The van der Waals surface area contributed by atoms with Gasteiger partial charge in [0.05, 0.1) is 12.1 Å². The highest BCUT2D eigenvalue weighted by Crippen LogP contribution is 2.33. The van der Waals surface area contributed by atoms with Crippen molar-refractivity contribution >= 4 is 22.7 Å². The summed E-state index contributed by atoms with van der Waals surface area (Å²) in [6.07, 6.45) is 0.598. The second kappa shape index (κ2) is 5.21. The van der Waals surface area contributed by atoms with Crippen molar-refractivity contribution in [3.8, 4) is 17.0 Å². The molecule has 0 saturated heterocycles. The largest absolute Gasteiger partial charge is 0.497 e. The van der Waals surface area contributed by atoms with E-state index in [1.165, 1.54) is 0 Å². The summed E-state index contributed by atoms with van der Waals surface area (Å²) in [7, 11) is 1.55. The second-order valence-electron chi connectivity index (χ2n) is 4.42. The molecule has 3 rings (SSSR count). The van der Waals surface area contributed by atoms with Gasteiger partial charge in [0.1, 0.15) is 22.7 Å². The highest BCUT2D eigenvalue weighted by atomic mass is 35.5. The van der Waals surface area contributed by atoms with Crippen LogP contribution in [0.5, 0.6) is 5.75 Å². The van der Waals surface area contributed by atoms with E-state index in [0.717, 1.165) is 0 Å². The van der Waals surface area contributed by atoms with Gasteiger partial charge in [-0.1, -0.05) is 23.7 Å². The number of aromatic nitrogens is 3. The molecule has 0 aliphatic heterocycles. The van der Waals surface area contributed by atoms with E-state index in [2.05, 4.69) is 15.1 Å². The number of halogens is 1. The van der Waals surface area contributed by atoms with E-state index in [9.17, 15) is 4.79 Å². The molecule has 0 fully saturated rings. The molecule has 0 saturated carbocycles. The Morgan fingerprint density at radius 2 is 2.24 bits per heavy atom. The van der Waals surface area contributed by atoms with Crippen molar-refractivity contribution in [2.24, 2.45) is 0 Å². The van der Waals surface area contributed by atoms with E-state index in [0.29, 0.717) is 34.3 Å². The molecular weight excluding hydrogens is 294 g/mol. The van der Waals surface area contributed by atoms with E-state index in [4.69, 9.17) is 20.9 Å². The van der Waals surface area contributed by atoms with Gasteiger partial charge in [0.25, 0.3) is 11.3 Å². The molecule has 1 N–H and O–H groups in total. The number of methoxy groups -OCH3 is 1. The van der Waals surface area contributed by atoms with Gasteiger partial charge in [-0.3, -0.25) is 4.79 Å². The Hall–Kier alpha value is -2.34. The van der Waals surface area contributed by atoms with Crippen LogP contribution in [0.4, 0.5) is 0 Å². The van der Waals surface area contributed by atoms with E-state index in [-0.39, 0.29) is 16.7 Å². The predicted molar refractivity (Wildman–Crippen MR) is 78.8 cm³/mol. The summed E-state index contributed by atoms with van der Waals surface area (Å²) < 4.78 is 10.3. The van der Waals surface area contributed by atoms with Gasteiger partial charge in [-0.15, -0.1) is 0 Å². The molecule has 0 unspecified atom stereocenters. The van der Waals surface area contributed by atoms with Crippen LogP contribution < -0.4 is 10.3 Å². The number of H-pyrrole nitrogens is 1. The van der Waals surface area contributed by atoms with Crippen LogP contribution in [0.25, 0.3) is 22.4 Å². The molecule has 2 heterocycles. The van der Waals surface area contributed by atoms with E-state index < -0.39 is 0 Å². The van der Waals surface area contributed by atoms with Crippen LogP contribution in [0.2, 0.25) is 5.02 Å². The average Bonchev–Trinajstić information content (AvgIpc) is 2.92. The zero-order chi connectivity index (χ0) is 15.0. The highest BCUT2D eigenvalue weighted by molar-refractivity contribution is 6.33. The number of fused-ring (bicyclic) bond motifs is 1. The number of nitrogens with one attached hydrogen (secondary N) is 1. The van der Waals surface area contributed by atoms with Gasteiger partial charge < -0.3 is 14.2 Å². The fourth-order valence-corrected chi connectivity index (χ4v) is 2.28. The third kappa shape index (κ3) is 2.27. The Balaban J connectivity index is 2.29. The fraction of sp³-hybridized carbons (Fsp3) is 0.214. The van der Waals surface area contributed by atoms with E-state index in [1.807, 2.05) is 6.92 Å². The Morgan fingerprint density at radius 1 is 1.43 bits per heavy atom. The van der Waals surface area contributed by atoms with Gasteiger partial charge in [0, 0.05) is 12.0 Å². The number of aromatic amines is 1. The molecule has 0 aliphatic rings. The molecule has 0 amide bonds. The van der Waals surface area contributed by atoms with E-state index >= 15 is 0 Å². The molecule has 0 atom stereocenters. The fourth-order valence-electron chi connectivity index (χ4n) is 2.07. The number of ether oxygens (including phenoxy) is 1. The van der Waals surface area contributed by atoms with Gasteiger partial charge in [-0.05, 0) is 18.2 Å². The van der Waals surface area contributed by atoms with Crippen LogP contribution in [0.15, 0.2) is 27.5 Å². The smallest absolute Gasteiger partial charge is 0.265 e. The molecule has 0 bridgehead atoms. The second-order valence-corrected chi connectivity index (χ2v) is 4.83. The first kappa shape index (κ1) is 13.6. The number of rotatable bonds is 3. The maximum absolute atomic E-state index is 12.2. The van der Waals surface area contributed by atoms with Crippen molar-refractivity contribution < 1.29 is 9.26 Å². The van der Waals surface area contributed by atoms with Crippen molar-refractivity contribution in [3.05, 3.63) is 39.4 Å². The van der Waals surface area contributed by atoms with Gasteiger partial charge in [0.15, 0.2) is 0 Å². The lowest BCUT2D eigenvalue weighted by molar-refractivity contribution is 0.415. The lowest BCUT2D eigenvalue weighted by atomic mass is 10.1. The van der Waals surface area contributed by atoms with Crippen molar-refractivity contribution in [1.82, 2.24) is 15.1 Å². The minimum absolute atomic E-state index is 0.199. The van der Waals surface area contributed by atoms with Crippen LogP contribution >= 0.6 is 11.6 Å². The van der Waals surface area contributed by atoms with Crippen molar-refractivity contribution in [1.29, 1.82) is 0 Å². The van der Waals surface area contributed by atoms with Crippen LogP contribution in [0.1, 0.15) is 12.7 Å². The topological polar surface area (TPSA) is 81.0 Å². The van der Waals surface area contributed by atoms with Gasteiger partial charge in [-0.2, -0.15) is 4.98 Å². The molecule has 0 spiro atoms. The molecular formula is C14H12ClN3O3. The van der Waals surface area contributed by atoms with Crippen molar-refractivity contribution in [2.75, 3.05) is 7.11 Å². The van der Waals surface area contributed by atoms with Crippen LogP contribution in [-0.2, 0) is 6.42 Å². The minimum Gasteiger partial charge on any atom is -0.497 e. The maximum Gasteiger partial charge on any atom is 0.265 e. The molecule has 0 aliphatic carbocycles. The molecule has 21 heavy (non-hydrogen) atoms. The summed E-state index contributed by atoms with van der Waals surface area (Å²) in [5, 5.41) is 4.67. The summed E-state index contributed by atoms with van der Waals surface area (Å²) in [6, 6.07) is 5.11.